The van der Waals surface area contributed by atoms with Crippen LogP contribution in [0.25, 0.3) is 0 Å². The zero-order chi connectivity index (χ0) is 20.0. The maximum Gasteiger partial charge on any atom is 0.305 e. The third-order valence-corrected chi connectivity index (χ3v) is 5.51. The van der Waals surface area contributed by atoms with Crippen LogP contribution in [0.1, 0.15) is 124 Å². The largest absolute Gasteiger partial charge is 0.466 e. The van der Waals surface area contributed by atoms with Crippen molar-refractivity contribution in [2.24, 2.45) is 0 Å². The van der Waals surface area contributed by atoms with Crippen LogP contribution in [-0.2, 0) is 9.53 Å². The summed E-state index contributed by atoms with van der Waals surface area (Å²) < 4.78 is 5.34. The van der Waals surface area contributed by atoms with Gasteiger partial charge in [0.2, 0.25) is 0 Å². The van der Waals surface area contributed by atoms with Gasteiger partial charge in [0, 0.05) is 6.42 Å². The molecule has 0 rings (SSSR count). The van der Waals surface area contributed by atoms with Crippen molar-refractivity contribution >= 4 is 5.97 Å². The van der Waals surface area contributed by atoms with Crippen molar-refractivity contribution in [1.82, 2.24) is 4.90 Å². The molecule has 3 heteroatoms. The fourth-order valence-corrected chi connectivity index (χ4v) is 3.52. The van der Waals surface area contributed by atoms with Gasteiger partial charge in [0.05, 0.1) is 6.61 Å². The van der Waals surface area contributed by atoms with Crippen LogP contribution in [0.3, 0.4) is 0 Å². The zero-order valence-electron chi connectivity index (χ0n) is 18.9. The van der Waals surface area contributed by atoms with E-state index in [1.165, 1.54) is 77.0 Å². The SMILES string of the molecule is CCCCCCCCCCCCCCCC(=O)OCCCCN(CC)CC. The second kappa shape index (κ2) is 21.7. The van der Waals surface area contributed by atoms with Gasteiger partial charge in [-0.05, 0) is 38.9 Å². The lowest BCUT2D eigenvalue weighted by atomic mass is 10.0. The molecule has 0 radical (unpaired) electrons. The topological polar surface area (TPSA) is 29.5 Å². The standard InChI is InChI=1S/C24H49NO2/c1-4-7-8-9-10-11-12-13-14-15-16-17-18-21-24(26)27-23-20-19-22-25(5-2)6-3/h4-23H2,1-3H3. The van der Waals surface area contributed by atoms with Crippen molar-refractivity contribution in [3.05, 3.63) is 0 Å². The minimum absolute atomic E-state index is 0.000845. The summed E-state index contributed by atoms with van der Waals surface area (Å²) in [6.07, 6.45) is 20.1. The quantitative estimate of drug-likeness (QED) is 0.156. The van der Waals surface area contributed by atoms with E-state index in [1.807, 2.05) is 0 Å². The summed E-state index contributed by atoms with van der Waals surface area (Å²) in [6, 6.07) is 0. The van der Waals surface area contributed by atoms with Crippen molar-refractivity contribution in [1.29, 1.82) is 0 Å². The zero-order valence-corrected chi connectivity index (χ0v) is 18.9. The van der Waals surface area contributed by atoms with Gasteiger partial charge >= 0.3 is 5.97 Å². The van der Waals surface area contributed by atoms with E-state index in [9.17, 15) is 4.79 Å². The predicted octanol–water partition coefficient (Wildman–Crippen LogP) is 7.13. The van der Waals surface area contributed by atoms with Gasteiger partial charge in [-0.25, -0.2) is 0 Å². The summed E-state index contributed by atoms with van der Waals surface area (Å²) in [5.41, 5.74) is 0. The van der Waals surface area contributed by atoms with E-state index < -0.39 is 0 Å². The number of carbonyl (C=O) groups is 1. The van der Waals surface area contributed by atoms with Crippen molar-refractivity contribution in [2.75, 3.05) is 26.2 Å². The fraction of sp³-hybridized carbons (Fsp3) is 0.958. The minimum Gasteiger partial charge on any atom is -0.466 e. The summed E-state index contributed by atoms with van der Waals surface area (Å²) >= 11 is 0. The molecule has 0 N–H and O–H groups in total. The first-order valence-corrected chi connectivity index (χ1v) is 12.1. The van der Waals surface area contributed by atoms with E-state index in [0.717, 1.165) is 38.9 Å². The van der Waals surface area contributed by atoms with Crippen molar-refractivity contribution in [3.8, 4) is 0 Å². The molecule has 162 valence electrons. The Labute approximate surface area is 170 Å². The average molecular weight is 384 g/mol. The Morgan fingerprint density at radius 1 is 0.630 bits per heavy atom. The first-order valence-electron chi connectivity index (χ1n) is 12.1. The lowest BCUT2D eigenvalue weighted by Crippen LogP contribution is -2.24. The molecule has 0 aliphatic carbocycles. The molecule has 0 fully saturated rings. The Balaban J connectivity index is 3.21. The molecule has 0 aromatic heterocycles. The van der Waals surface area contributed by atoms with E-state index in [-0.39, 0.29) is 5.97 Å². The van der Waals surface area contributed by atoms with Gasteiger partial charge in [0.15, 0.2) is 0 Å². The molecule has 0 aromatic carbocycles. The van der Waals surface area contributed by atoms with Crippen LogP contribution < -0.4 is 0 Å². The molecule has 0 aliphatic rings. The third-order valence-electron chi connectivity index (χ3n) is 5.51. The van der Waals surface area contributed by atoms with Crippen LogP contribution in [-0.4, -0.2) is 37.1 Å². The second-order valence-corrected chi connectivity index (χ2v) is 7.95. The highest BCUT2D eigenvalue weighted by molar-refractivity contribution is 5.69. The van der Waals surface area contributed by atoms with Crippen LogP contribution in [0.15, 0.2) is 0 Å². The summed E-state index contributed by atoms with van der Waals surface area (Å²) in [6.45, 7) is 10.6. The summed E-state index contributed by atoms with van der Waals surface area (Å²) in [4.78, 5) is 14.1. The second-order valence-electron chi connectivity index (χ2n) is 7.95. The molecule has 0 amide bonds. The first-order chi connectivity index (χ1) is 13.2. The van der Waals surface area contributed by atoms with Crippen molar-refractivity contribution in [2.45, 2.75) is 124 Å². The number of hydrogen-bond donors (Lipinski definition) is 0. The Morgan fingerprint density at radius 3 is 1.59 bits per heavy atom. The number of rotatable bonds is 21. The molecule has 0 unspecified atom stereocenters. The van der Waals surface area contributed by atoms with E-state index in [4.69, 9.17) is 4.74 Å². The smallest absolute Gasteiger partial charge is 0.305 e. The van der Waals surface area contributed by atoms with Crippen molar-refractivity contribution < 1.29 is 9.53 Å². The number of nitrogens with zero attached hydrogens (tertiary/aromatic N) is 1. The minimum atomic E-state index is 0.000845. The molecule has 27 heavy (non-hydrogen) atoms. The van der Waals surface area contributed by atoms with Gasteiger partial charge in [-0.15, -0.1) is 0 Å². The average Bonchev–Trinajstić information content (AvgIpc) is 2.68. The van der Waals surface area contributed by atoms with Gasteiger partial charge in [-0.2, -0.15) is 0 Å². The molecular weight excluding hydrogens is 334 g/mol. The number of carbonyl (C=O) groups excluding carboxylic acids is 1. The molecule has 0 saturated carbocycles. The van der Waals surface area contributed by atoms with E-state index in [0.29, 0.717) is 13.0 Å². The number of esters is 1. The molecule has 0 aliphatic heterocycles. The van der Waals surface area contributed by atoms with E-state index >= 15 is 0 Å². The van der Waals surface area contributed by atoms with Gasteiger partial charge in [-0.3, -0.25) is 4.79 Å². The van der Waals surface area contributed by atoms with Gasteiger partial charge in [0.25, 0.3) is 0 Å². The maximum absolute atomic E-state index is 11.7. The molecule has 0 atom stereocenters. The number of hydrogen-bond acceptors (Lipinski definition) is 3. The summed E-state index contributed by atoms with van der Waals surface area (Å²) in [5.74, 6) is 0.000845. The number of unbranched alkanes of at least 4 members (excludes halogenated alkanes) is 13. The van der Waals surface area contributed by atoms with E-state index in [1.54, 1.807) is 0 Å². The molecule has 0 heterocycles. The molecule has 0 saturated heterocycles. The highest BCUT2D eigenvalue weighted by atomic mass is 16.5. The highest BCUT2D eigenvalue weighted by Gasteiger charge is 2.03. The highest BCUT2D eigenvalue weighted by Crippen LogP contribution is 2.13. The van der Waals surface area contributed by atoms with Crippen molar-refractivity contribution in [3.63, 3.8) is 0 Å². The predicted molar refractivity (Wildman–Crippen MR) is 118 cm³/mol. The summed E-state index contributed by atoms with van der Waals surface area (Å²) in [7, 11) is 0. The van der Waals surface area contributed by atoms with Crippen LogP contribution >= 0.6 is 0 Å². The van der Waals surface area contributed by atoms with E-state index in [2.05, 4.69) is 25.7 Å². The molecule has 0 spiro atoms. The lowest BCUT2D eigenvalue weighted by molar-refractivity contribution is -0.143. The summed E-state index contributed by atoms with van der Waals surface area (Å²) in [5, 5.41) is 0. The maximum atomic E-state index is 11.7. The monoisotopic (exact) mass is 383 g/mol. The number of ether oxygens (including phenoxy) is 1. The Morgan fingerprint density at radius 2 is 1.11 bits per heavy atom. The van der Waals surface area contributed by atoms with Gasteiger partial charge in [0.1, 0.15) is 0 Å². The van der Waals surface area contributed by atoms with Gasteiger partial charge in [-0.1, -0.05) is 97.8 Å². The molecule has 0 bridgehead atoms. The normalized spacial score (nSPS) is 11.3. The Hall–Kier alpha value is -0.570. The lowest BCUT2D eigenvalue weighted by Gasteiger charge is -2.17. The van der Waals surface area contributed by atoms with Crippen LogP contribution in [0.5, 0.6) is 0 Å². The Bertz CT molecular complexity index is 303. The van der Waals surface area contributed by atoms with Gasteiger partial charge < -0.3 is 9.64 Å². The molecule has 0 aromatic rings. The molecule has 3 nitrogen and oxygen atoms in total. The van der Waals surface area contributed by atoms with Crippen LogP contribution in [0, 0.1) is 0 Å². The fourth-order valence-electron chi connectivity index (χ4n) is 3.52. The third kappa shape index (κ3) is 20.0. The van der Waals surface area contributed by atoms with Crippen LogP contribution in [0.4, 0.5) is 0 Å². The van der Waals surface area contributed by atoms with Crippen LogP contribution in [0.2, 0.25) is 0 Å². The first kappa shape index (κ1) is 26.4. The Kier molecular flexibility index (Phi) is 21.3. The molecular formula is C24H49NO2.